The molecule has 0 radical (unpaired) electrons. The average Bonchev–Trinajstić information content (AvgIpc) is 3.28. The van der Waals surface area contributed by atoms with Crippen molar-refractivity contribution in [1.29, 1.82) is 0 Å². The van der Waals surface area contributed by atoms with Crippen LogP contribution in [-0.4, -0.2) is 28.6 Å². The van der Waals surface area contributed by atoms with E-state index >= 15 is 0 Å². The summed E-state index contributed by atoms with van der Waals surface area (Å²) in [5, 5.41) is 15.0. The lowest BCUT2D eigenvalue weighted by Gasteiger charge is -2.09. The van der Waals surface area contributed by atoms with Crippen LogP contribution in [0.4, 0.5) is 5.13 Å². The van der Waals surface area contributed by atoms with E-state index in [2.05, 4.69) is 27.8 Å². The molecule has 0 atom stereocenters. The van der Waals surface area contributed by atoms with Crippen molar-refractivity contribution in [3.05, 3.63) is 5.01 Å². The minimum absolute atomic E-state index is 0.00166. The van der Waals surface area contributed by atoms with E-state index in [0.717, 1.165) is 43.5 Å². The zero-order valence-corrected chi connectivity index (χ0v) is 16.0. The number of hydrogen-bond acceptors (Lipinski definition) is 5. The molecule has 0 spiro atoms. The molecule has 0 aromatic carbocycles. The Bertz CT molecular complexity index is 541. The maximum atomic E-state index is 11.9. The van der Waals surface area contributed by atoms with Crippen LogP contribution in [0.5, 0.6) is 0 Å². The van der Waals surface area contributed by atoms with Crippen LogP contribution < -0.4 is 10.6 Å². The Morgan fingerprint density at radius 3 is 2.56 bits per heavy atom. The summed E-state index contributed by atoms with van der Waals surface area (Å²) in [5.74, 6) is -0.166. The number of carbonyl (C=O) groups is 2. The first-order valence-electron chi connectivity index (χ1n) is 9.59. The minimum atomic E-state index is -0.242. The summed E-state index contributed by atoms with van der Waals surface area (Å²) in [7, 11) is 0. The highest BCUT2D eigenvalue weighted by Crippen LogP contribution is 2.24. The number of unbranched alkanes of at least 4 members (excludes halogenated alkanes) is 5. The number of nitrogens with one attached hydrogen (secondary N) is 2. The van der Waals surface area contributed by atoms with E-state index in [0.29, 0.717) is 5.13 Å². The van der Waals surface area contributed by atoms with E-state index in [4.69, 9.17) is 0 Å². The quantitative estimate of drug-likeness (QED) is 0.585. The fraction of sp³-hybridized carbons (Fsp3) is 0.778. The molecule has 1 aromatic rings. The topological polar surface area (TPSA) is 84.0 Å². The predicted molar refractivity (Wildman–Crippen MR) is 101 cm³/mol. The fourth-order valence-corrected chi connectivity index (χ4v) is 3.92. The molecular formula is C18H30N4O2S. The number of anilines is 1. The summed E-state index contributed by atoms with van der Waals surface area (Å²) in [6.45, 7) is 2.22. The first-order valence-corrected chi connectivity index (χ1v) is 10.4. The molecule has 0 aliphatic heterocycles. The highest BCUT2D eigenvalue weighted by molar-refractivity contribution is 7.15. The summed E-state index contributed by atoms with van der Waals surface area (Å²) in [4.78, 5) is 23.8. The maximum absolute atomic E-state index is 11.9. The minimum Gasteiger partial charge on any atom is -0.347 e. The zero-order chi connectivity index (χ0) is 17.9. The van der Waals surface area contributed by atoms with Crippen molar-refractivity contribution >= 4 is 28.3 Å². The normalized spacial score (nSPS) is 14.6. The number of hydrogen-bond donors (Lipinski definition) is 2. The molecular weight excluding hydrogens is 336 g/mol. The van der Waals surface area contributed by atoms with E-state index in [1.165, 1.54) is 43.4 Å². The Hall–Kier alpha value is -1.50. The molecule has 25 heavy (non-hydrogen) atoms. The van der Waals surface area contributed by atoms with Gasteiger partial charge in [0.05, 0.1) is 6.54 Å². The second kappa shape index (κ2) is 11.2. The van der Waals surface area contributed by atoms with E-state index < -0.39 is 0 Å². The maximum Gasteiger partial charge on any atom is 0.245 e. The SMILES string of the molecule is CCCCCCCCc1nnc(NC(=O)CNC(=O)C2CCCC2)s1. The van der Waals surface area contributed by atoms with Gasteiger partial charge in [-0.25, -0.2) is 0 Å². The summed E-state index contributed by atoms with van der Waals surface area (Å²) in [6.07, 6.45) is 12.5. The van der Waals surface area contributed by atoms with Crippen LogP contribution in [0.15, 0.2) is 0 Å². The van der Waals surface area contributed by atoms with Gasteiger partial charge < -0.3 is 5.32 Å². The Kier molecular flexibility index (Phi) is 8.86. The van der Waals surface area contributed by atoms with Gasteiger partial charge in [-0.05, 0) is 19.3 Å². The third-order valence-electron chi connectivity index (χ3n) is 4.61. The Morgan fingerprint density at radius 1 is 1.08 bits per heavy atom. The average molecular weight is 367 g/mol. The van der Waals surface area contributed by atoms with Crippen molar-refractivity contribution in [2.45, 2.75) is 77.6 Å². The number of rotatable bonds is 11. The van der Waals surface area contributed by atoms with E-state index in [1.807, 2.05) is 0 Å². The lowest BCUT2D eigenvalue weighted by Crippen LogP contribution is -2.36. The molecule has 6 nitrogen and oxygen atoms in total. The summed E-state index contributed by atoms with van der Waals surface area (Å²) in [6, 6.07) is 0. The number of aromatic nitrogens is 2. The summed E-state index contributed by atoms with van der Waals surface area (Å²) in [5.41, 5.74) is 0. The van der Waals surface area contributed by atoms with E-state index in [9.17, 15) is 9.59 Å². The largest absolute Gasteiger partial charge is 0.347 e. The van der Waals surface area contributed by atoms with Crippen molar-refractivity contribution in [2.24, 2.45) is 5.92 Å². The third kappa shape index (κ3) is 7.50. The van der Waals surface area contributed by atoms with Crippen molar-refractivity contribution in [3.63, 3.8) is 0 Å². The third-order valence-corrected chi connectivity index (χ3v) is 5.50. The monoisotopic (exact) mass is 366 g/mol. The summed E-state index contributed by atoms with van der Waals surface area (Å²) >= 11 is 1.42. The van der Waals surface area contributed by atoms with Crippen LogP contribution in [0, 0.1) is 5.92 Å². The van der Waals surface area contributed by atoms with Crippen LogP contribution in [0.25, 0.3) is 0 Å². The Morgan fingerprint density at radius 2 is 1.80 bits per heavy atom. The molecule has 2 N–H and O–H groups in total. The van der Waals surface area contributed by atoms with Crippen molar-refractivity contribution in [3.8, 4) is 0 Å². The lowest BCUT2D eigenvalue weighted by atomic mass is 10.1. The molecule has 1 fully saturated rings. The predicted octanol–water partition coefficient (Wildman–Crippen LogP) is 3.69. The second-order valence-corrected chi connectivity index (χ2v) is 7.83. The van der Waals surface area contributed by atoms with Crippen molar-refractivity contribution < 1.29 is 9.59 Å². The van der Waals surface area contributed by atoms with Gasteiger partial charge in [0, 0.05) is 12.3 Å². The van der Waals surface area contributed by atoms with Crippen LogP contribution in [0.1, 0.15) is 76.1 Å². The highest BCUT2D eigenvalue weighted by Gasteiger charge is 2.22. The molecule has 2 amide bonds. The van der Waals surface area contributed by atoms with Gasteiger partial charge in [-0.3, -0.25) is 14.9 Å². The van der Waals surface area contributed by atoms with Gasteiger partial charge in [-0.15, -0.1) is 10.2 Å². The molecule has 0 saturated heterocycles. The molecule has 1 aromatic heterocycles. The molecule has 2 rings (SSSR count). The van der Waals surface area contributed by atoms with Crippen LogP contribution in [-0.2, 0) is 16.0 Å². The number of carbonyl (C=O) groups excluding carboxylic acids is 2. The van der Waals surface area contributed by atoms with Crippen LogP contribution in [0.3, 0.4) is 0 Å². The Balaban J connectivity index is 1.61. The van der Waals surface area contributed by atoms with Gasteiger partial charge in [0.25, 0.3) is 0 Å². The molecule has 140 valence electrons. The molecule has 1 heterocycles. The first kappa shape index (κ1) is 19.8. The fourth-order valence-electron chi connectivity index (χ4n) is 3.12. The van der Waals surface area contributed by atoms with E-state index in [-0.39, 0.29) is 24.3 Å². The van der Waals surface area contributed by atoms with Gasteiger partial charge in [0.15, 0.2) is 0 Å². The summed E-state index contributed by atoms with van der Waals surface area (Å²) < 4.78 is 0. The van der Waals surface area contributed by atoms with Crippen LogP contribution in [0.2, 0.25) is 0 Å². The zero-order valence-electron chi connectivity index (χ0n) is 15.2. The molecule has 1 aliphatic carbocycles. The van der Waals surface area contributed by atoms with Crippen molar-refractivity contribution in [2.75, 3.05) is 11.9 Å². The Labute approximate surface area is 154 Å². The smallest absolute Gasteiger partial charge is 0.245 e. The molecule has 1 aliphatic rings. The molecule has 0 unspecified atom stereocenters. The van der Waals surface area contributed by atoms with Crippen molar-refractivity contribution in [1.82, 2.24) is 15.5 Å². The van der Waals surface area contributed by atoms with Crippen LogP contribution >= 0.6 is 11.3 Å². The second-order valence-electron chi connectivity index (χ2n) is 6.77. The number of aryl methyl sites for hydroxylation is 1. The lowest BCUT2D eigenvalue weighted by molar-refractivity contribution is -0.127. The van der Waals surface area contributed by atoms with Gasteiger partial charge in [0.1, 0.15) is 5.01 Å². The molecule has 7 heteroatoms. The highest BCUT2D eigenvalue weighted by atomic mass is 32.1. The van der Waals surface area contributed by atoms with Gasteiger partial charge in [-0.2, -0.15) is 0 Å². The van der Waals surface area contributed by atoms with Gasteiger partial charge >= 0.3 is 0 Å². The number of nitrogens with zero attached hydrogens (tertiary/aromatic N) is 2. The molecule has 0 bridgehead atoms. The van der Waals surface area contributed by atoms with E-state index in [1.54, 1.807) is 0 Å². The standard InChI is InChI=1S/C18H30N4O2S/c1-2-3-4-5-6-7-12-16-21-22-18(25-16)20-15(23)13-19-17(24)14-10-8-9-11-14/h14H,2-13H2,1H3,(H,19,24)(H,20,22,23). The first-order chi connectivity index (χ1) is 12.2. The van der Waals surface area contributed by atoms with Gasteiger partial charge in [0.2, 0.25) is 16.9 Å². The number of amides is 2. The molecule has 1 saturated carbocycles. The van der Waals surface area contributed by atoms with Gasteiger partial charge in [-0.1, -0.05) is 63.2 Å².